The van der Waals surface area contributed by atoms with Crippen LogP contribution in [0, 0.1) is 5.41 Å². The summed E-state index contributed by atoms with van der Waals surface area (Å²) in [5.41, 5.74) is 7.88. The molecule has 110 valence electrons. The number of nitrogens with zero attached hydrogens (tertiary/aromatic N) is 1. The highest BCUT2D eigenvalue weighted by Gasteiger charge is 2.29. The maximum Gasteiger partial charge on any atom is 0.126 e. The zero-order valence-corrected chi connectivity index (χ0v) is 14.0. The molecule has 1 heterocycles. The van der Waals surface area contributed by atoms with Crippen LogP contribution in [0.3, 0.4) is 0 Å². The minimum atomic E-state index is 0.174. The van der Waals surface area contributed by atoms with Crippen LogP contribution in [0.4, 0.5) is 5.69 Å². The highest BCUT2D eigenvalue weighted by atomic mass is 32.2. The number of nitrogens with one attached hydrogen (secondary N) is 1. The Labute approximate surface area is 130 Å². The molecular formula is C15H23N3S2. The molecule has 1 aliphatic heterocycles. The molecular weight excluding hydrogens is 286 g/mol. The van der Waals surface area contributed by atoms with E-state index in [0.29, 0.717) is 0 Å². The van der Waals surface area contributed by atoms with Crippen LogP contribution in [0.2, 0.25) is 0 Å². The standard InChI is InChI=1S/C15H23N3S2/c1-4-19-12-7-5-6-11(13(12)14(16)17)18-8-9-20-15(2,3)10-18/h5-7H,4,8-10H2,1-3H3,(H3,16,17). The monoisotopic (exact) mass is 309 g/mol. The molecule has 0 radical (unpaired) electrons. The van der Waals surface area contributed by atoms with Gasteiger partial charge in [0.1, 0.15) is 5.84 Å². The molecule has 0 spiro atoms. The summed E-state index contributed by atoms with van der Waals surface area (Å²) in [5.74, 6) is 2.29. The number of rotatable bonds is 4. The molecule has 0 atom stereocenters. The van der Waals surface area contributed by atoms with Crippen molar-refractivity contribution >= 4 is 35.0 Å². The maximum absolute atomic E-state index is 7.95. The highest BCUT2D eigenvalue weighted by molar-refractivity contribution is 8.00. The van der Waals surface area contributed by atoms with Gasteiger partial charge >= 0.3 is 0 Å². The second-order valence-corrected chi connectivity index (χ2v) is 8.63. The van der Waals surface area contributed by atoms with E-state index in [4.69, 9.17) is 11.1 Å². The number of anilines is 1. The Balaban J connectivity index is 2.40. The first-order valence-corrected chi connectivity index (χ1v) is 8.91. The van der Waals surface area contributed by atoms with E-state index in [2.05, 4.69) is 43.9 Å². The van der Waals surface area contributed by atoms with Crippen molar-refractivity contribution in [3.63, 3.8) is 0 Å². The number of hydrogen-bond donors (Lipinski definition) is 2. The Bertz CT molecular complexity index is 500. The summed E-state index contributed by atoms with van der Waals surface area (Å²) in [4.78, 5) is 3.50. The van der Waals surface area contributed by atoms with E-state index in [1.165, 1.54) is 0 Å². The first-order valence-electron chi connectivity index (χ1n) is 6.94. The summed E-state index contributed by atoms with van der Waals surface area (Å²) in [7, 11) is 0. The number of nitrogen functional groups attached to an aromatic ring is 1. The van der Waals surface area contributed by atoms with E-state index >= 15 is 0 Å². The van der Waals surface area contributed by atoms with Gasteiger partial charge in [-0.05, 0) is 31.7 Å². The van der Waals surface area contributed by atoms with E-state index in [1.54, 1.807) is 11.8 Å². The Hall–Kier alpha value is -0.810. The molecule has 3 nitrogen and oxygen atoms in total. The van der Waals surface area contributed by atoms with Gasteiger partial charge in [-0.15, -0.1) is 11.8 Å². The fourth-order valence-corrected chi connectivity index (χ4v) is 4.51. The topological polar surface area (TPSA) is 53.1 Å². The average Bonchev–Trinajstić information content (AvgIpc) is 2.37. The summed E-state index contributed by atoms with van der Waals surface area (Å²) in [6, 6.07) is 6.25. The minimum absolute atomic E-state index is 0.174. The molecule has 1 aromatic rings. The Kier molecular flexibility index (Phi) is 4.91. The number of hydrogen-bond acceptors (Lipinski definition) is 4. The van der Waals surface area contributed by atoms with E-state index in [-0.39, 0.29) is 10.6 Å². The smallest absolute Gasteiger partial charge is 0.126 e. The van der Waals surface area contributed by atoms with Gasteiger partial charge < -0.3 is 10.6 Å². The minimum Gasteiger partial charge on any atom is -0.384 e. The summed E-state index contributed by atoms with van der Waals surface area (Å²) in [6.07, 6.45) is 0. The van der Waals surface area contributed by atoms with E-state index in [1.807, 2.05) is 11.8 Å². The molecule has 0 amide bonds. The lowest BCUT2D eigenvalue weighted by Gasteiger charge is -2.39. The van der Waals surface area contributed by atoms with Gasteiger partial charge in [0.25, 0.3) is 0 Å². The molecule has 1 aliphatic rings. The lowest BCUT2D eigenvalue weighted by atomic mass is 10.1. The molecule has 20 heavy (non-hydrogen) atoms. The molecule has 1 saturated heterocycles. The van der Waals surface area contributed by atoms with Gasteiger partial charge in [-0.1, -0.05) is 13.0 Å². The van der Waals surface area contributed by atoms with Gasteiger partial charge in [-0.25, -0.2) is 0 Å². The fourth-order valence-electron chi connectivity index (χ4n) is 2.55. The van der Waals surface area contributed by atoms with Crippen molar-refractivity contribution in [2.45, 2.75) is 30.4 Å². The SMILES string of the molecule is CCSc1cccc(N2CCSC(C)(C)C2)c1C(=N)N. The predicted molar refractivity (Wildman–Crippen MR) is 92.6 cm³/mol. The average molecular weight is 310 g/mol. The lowest BCUT2D eigenvalue weighted by molar-refractivity contribution is 0.647. The van der Waals surface area contributed by atoms with Gasteiger partial charge in [0.15, 0.2) is 0 Å². The third kappa shape index (κ3) is 3.44. The molecule has 0 aromatic heterocycles. The van der Waals surface area contributed by atoms with Crippen LogP contribution in [0.5, 0.6) is 0 Å². The van der Waals surface area contributed by atoms with Gasteiger partial charge in [-0.3, -0.25) is 5.41 Å². The predicted octanol–water partition coefficient (Wildman–Crippen LogP) is 3.41. The van der Waals surface area contributed by atoms with Crippen LogP contribution in [0.25, 0.3) is 0 Å². The zero-order valence-electron chi connectivity index (χ0n) is 12.4. The molecule has 0 bridgehead atoms. The molecule has 0 unspecified atom stereocenters. The largest absolute Gasteiger partial charge is 0.384 e. The molecule has 5 heteroatoms. The van der Waals surface area contributed by atoms with E-state index < -0.39 is 0 Å². The third-order valence-electron chi connectivity index (χ3n) is 3.34. The summed E-state index contributed by atoms with van der Waals surface area (Å²) >= 11 is 3.77. The van der Waals surface area contributed by atoms with Crippen molar-refractivity contribution in [2.24, 2.45) is 5.73 Å². The van der Waals surface area contributed by atoms with Crippen LogP contribution in [-0.4, -0.2) is 35.2 Å². The molecule has 3 N–H and O–H groups in total. The van der Waals surface area contributed by atoms with Gasteiger partial charge in [0.2, 0.25) is 0 Å². The normalized spacial score (nSPS) is 18.1. The van der Waals surface area contributed by atoms with Crippen LogP contribution < -0.4 is 10.6 Å². The number of benzene rings is 1. The Morgan fingerprint density at radius 2 is 2.25 bits per heavy atom. The van der Waals surface area contributed by atoms with Crippen LogP contribution in [-0.2, 0) is 0 Å². The van der Waals surface area contributed by atoms with Crippen molar-refractivity contribution in [3.05, 3.63) is 23.8 Å². The summed E-state index contributed by atoms with van der Waals surface area (Å²) in [6.45, 7) is 8.71. The Morgan fingerprint density at radius 3 is 2.85 bits per heavy atom. The second kappa shape index (κ2) is 6.31. The molecule has 1 fully saturated rings. The van der Waals surface area contributed by atoms with Crippen LogP contribution in [0.15, 0.2) is 23.1 Å². The van der Waals surface area contributed by atoms with Gasteiger partial charge in [0.05, 0.1) is 5.56 Å². The fraction of sp³-hybridized carbons (Fsp3) is 0.533. The van der Waals surface area contributed by atoms with E-state index in [9.17, 15) is 0 Å². The van der Waals surface area contributed by atoms with Crippen molar-refractivity contribution in [3.8, 4) is 0 Å². The van der Waals surface area contributed by atoms with Crippen LogP contribution >= 0.6 is 23.5 Å². The molecule has 2 rings (SSSR count). The van der Waals surface area contributed by atoms with Crippen molar-refractivity contribution in [2.75, 3.05) is 29.5 Å². The number of nitrogens with two attached hydrogens (primary N) is 1. The number of amidine groups is 1. The van der Waals surface area contributed by atoms with E-state index in [0.717, 1.165) is 40.7 Å². The molecule has 0 aliphatic carbocycles. The summed E-state index contributed by atoms with van der Waals surface area (Å²) in [5, 5.41) is 7.95. The highest BCUT2D eigenvalue weighted by Crippen LogP contribution is 2.36. The maximum atomic E-state index is 7.95. The second-order valence-electron chi connectivity index (χ2n) is 5.53. The first kappa shape index (κ1) is 15.6. The molecule has 0 saturated carbocycles. The van der Waals surface area contributed by atoms with Gasteiger partial charge in [0, 0.05) is 34.2 Å². The van der Waals surface area contributed by atoms with Crippen LogP contribution in [0.1, 0.15) is 26.3 Å². The first-order chi connectivity index (χ1) is 9.44. The zero-order chi connectivity index (χ0) is 14.8. The number of thioether (sulfide) groups is 2. The Morgan fingerprint density at radius 1 is 1.50 bits per heavy atom. The van der Waals surface area contributed by atoms with Crippen molar-refractivity contribution in [1.82, 2.24) is 0 Å². The van der Waals surface area contributed by atoms with Gasteiger partial charge in [-0.2, -0.15) is 11.8 Å². The van der Waals surface area contributed by atoms with Crippen molar-refractivity contribution < 1.29 is 0 Å². The van der Waals surface area contributed by atoms with Crippen molar-refractivity contribution in [1.29, 1.82) is 5.41 Å². The quantitative estimate of drug-likeness (QED) is 0.508. The summed E-state index contributed by atoms with van der Waals surface area (Å²) < 4.78 is 0.250. The third-order valence-corrected chi connectivity index (χ3v) is 5.58. The molecule has 1 aromatic carbocycles. The lowest BCUT2D eigenvalue weighted by Crippen LogP contribution is -2.44.